The van der Waals surface area contributed by atoms with Crippen molar-refractivity contribution < 1.29 is 4.79 Å². The summed E-state index contributed by atoms with van der Waals surface area (Å²) in [6, 6.07) is 1.92. The maximum Gasteiger partial charge on any atom is 0.240 e. The Morgan fingerprint density at radius 1 is 1.64 bits per heavy atom. The first-order chi connectivity index (χ1) is 5.25. The van der Waals surface area contributed by atoms with E-state index >= 15 is 0 Å². The lowest BCUT2D eigenvalue weighted by Gasteiger charge is -2.15. The van der Waals surface area contributed by atoms with Crippen LogP contribution in [0, 0.1) is 17.2 Å². The summed E-state index contributed by atoms with van der Waals surface area (Å²) in [4.78, 5) is 12.9. The van der Waals surface area contributed by atoms with Crippen molar-refractivity contribution in [3.8, 4) is 6.07 Å². The maximum atomic E-state index is 11.2. The van der Waals surface area contributed by atoms with Crippen LogP contribution in [0.3, 0.4) is 0 Å². The van der Waals surface area contributed by atoms with Gasteiger partial charge in [0, 0.05) is 13.1 Å². The molecule has 11 heavy (non-hydrogen) atoms. The van der Waals surface area contributed by atoms with Crippen LogP contribution in [0.15, 0.2) is 12.2 Å². The van der Waals surface area contributed by atoms with Gasteiger partial charge in [-0.3, -0.25) is 4.79 Å². The number of hydrogen-bond donors (Lipinski definition) is 0. The lowest BCUT2D eigenvalue weighted by molar-refractivity contribution is -0.131. The number of rotatable bonds is 1. The van der Waals surface area contributed by atoms with Gasteiger partial charge in [-0.05, 0) is 6.92 Å². The molecule has 0 aliphatic carbocycles. The molecule has 0 spiro atoms. The van der Waals surface area contributed by atoms with Crippen LogP contribution in [0.25, 0.3) is 0 Å². The Balaban J connectivity index is 2.49. The Kier molecular flexibility index (Phi) is 2.27. The zero-order chi connectivity index (χ0) is 8.27. The molecule has 1 rings (SSSR count). The second kappa shape index (κ2) is 3.20. The Morgan fingerprint density at radius 2 is 2.18 bits per heavy atom. The Hall–Kier alpha value is -1.30. The molecule has 3 nitrogen and oxygen atoms in total. The molecule has 1 atom stereocenters. The van der Waals surface area contributed by atoms with Crippen molar-refractivity contribution in [3.05, 3.63) is 12.2 Å². The molecule has 0 aromatic heterocycles. The van der Waals surface area contributed by atoms with Crippen LogP contribution in [-0.4, -0.2) is 23.9 Å². The molecule has 0 radical (unpaired) electrons. The van der Waals surface area contributed by atoms with Crippen LogP contribution in [0.1, 0.15) is 6.92 Å². The van der Waals surface area contributed by atoms with Gasteiger partial charge in [-0.1, -0.05) is 12.2 Å². The van der Waals surface area contributed by atoms with Gasteiger partial charge in [0.15, 0.2) is 0 Å². The number of carbonyl (C=O) groups excluding carboxylic acids is 1. The highest BCUT2D eigenvalue weighted by Gasteiger charge is 2.19. The standard InChI is InChI=1S/C8H10N2O/c1-7(6-9)8(11)10-4-2-3-5-10/h2-3,7H,4-5H2,1H3. The Bertz CT molecular complexity index is 219. The fraction of sp³-hybridized carbons (Fsp3) is 0.500. The van der Waals surface area contributed by atoms with Crippen LogP contribution < -0.4 is 0 Å². The third-order valence-corrected chi connectivity index (χ3v) is 1.69. The minimum absolute atomic E-state index is 0.0718. The summed E-state index contributed by atoms with van der Waals surface area (Å²) in [5.41, 5.74) is 0. The van der Waals surface area contributed by atoms with Gasteiger partial charge >= 0.3 is 0 Å². The molecule has 1 aliphatic rings. The molecule has 0 saturated carbocycles. The number of amides is 1. The number of nitriles is 1. The lowest BCUT2D eigenvalue weighted by Crippen LogP contribution is -2.32. The zero-order valence-corrected chi connectivity index (χ0v) is 6.45. The van der Waals surface area contributed by atoms with Gasteiger partial charge in [-0.15, -0.1) is 0 Å². The summed E-state index contributed by atoms with van der Waals surface area (Å²) < 4.78 is 0. The van der Waals surface area contributed by atoms with Crippen LogP contribution >= 0.6 is 0 Å². The van der Waals surface area contributed by atoms with Gasteiger partial charge in [-0.2, -0.15) is 5.26 Å². The third kappa shape index (κ3) is 1.58. The minimum Gasteiger partial charge on any atom is -0.334 e. The first-order valence-corrected chi connectivity index (χ1v) is 3.59. The maximum absolute atomic E-state index is 11.2. The van der Waals surface area contributed by atoms with Gasteiger partial charge in [0.25, 0.3) is 0 Å². The lowest BCUT2D eigenvalue weighted by atomic mass is 10.2. The molecular formula is C8H10N2O. The monoisotopic (exact) mass is 150 g/mol. The van der Waals surface area contributed by atoms with Gasteiger partial charge in [-0.25, -0.2) is 0 Å². The quantitative estimate of drug-likeness (QED) is 0.512. The molecule has 0 aromatic rings. The predicted molar refractivity (Wildman–Crippen MR) is 40.5 cm³/mol. The molecule has 0 aromatic carbocycles. The molecule has 3 heteroatoms. The van der Waals surface area contributed by atoms with Crippen molar-refractivity contribution in [2.24, 2.45) is 5.92 Å². The Labute approximate surface area is 65.9 Å². The second-order valence-electron chi connectivity index (χ2n) is 2.57. The highest BCUT2D eigenvalue weighted by atomic mass is 16.2. The molecule has 0 saturated heterocycles. The van der Waals surface area contributed by atoms with E-state index in [1.165, 1.54) is 0 Å². The highest BCUT2D eigenvalue weighted by molar-refractivity contribution is 5.81. The third-order valence-electron chi connectivity index (χ3n) is 1.69. The van der Waals surface area contributed by atoms with E-state index < -0.39 is 5.92 Å². The Morgan fingerprint density at radius 3 is 2.64 bits per heavy atom. The van der Waals surface area contributed by atoms with Crippen LogP contribution in [0.4, 0.5) is 0 Å². The first kappa shape index (κ1) is 7.80. The number of nitrogens with zero attached hydrogens (tertiary/aromatic N) is 2. The minimum atomic E-state index is -0.505. The SMILES string of the molecule is CC(C#N)C(=O)N1CC=CC1. The van der Waals surface area contributed by atoms with Crippen LogP contribution in [0.5, 0.6) is 0 Å². The number of hydrogen-bond acceptors (Lipinski definition) is 2. The molecule has 0 fully saturated rings. The molecule has 1 aliphatic heterocycles. The van der Waals surface area contributed by atoms with Crippen LogP contribution in [0.2, 0.25) is 0 Å². The summed E-state index contributed by atoms with van der Waals surface area (Å²) in [5.74, 6) is -0.576. The molecule has 1 heterocycles. The van der Waals surface area contributed by atoms with E-state index in [0.29, 0.717) is 13.1 Å². The summed E-state index contributed by atoms with van der Waals surface area (Å²) in [6.07, 6.45) is 3.87. The summed E-state index contributed by atoms with van der Waals surface area (Å²) in [5, 5.41) is 8.45. The second-order valence-corrected chi connectivity index (χ2v) is 2.57. The largest absolute Gasteiger partial charge is 0.334 e. The van der Waals surface area contributed by atoms with E-state index in [1.807, 2.05) is 18.2 Å². The van der Waals surface area contributed by atoms with Crippen molar-refractivity contribution in [1.29, 1.82) is 5.26 Å². The van der Waals surface area contributed by atoms with E-state index in [-0.39, 0.29) is 5.91 Å². The zero-order valence-electron chi connectivity index (χ0n) is 6.45. The topological polar surface area (TPSA) is 44.1 Å². The van der Waals surface area contributed by atoms with E-state index in [9.17, 15) is 4.79 Å². The van der Waals surface area contributed by atoms with Crippen molar-refractivity contribution in [2.45, 2.75) is 6.92 Å². The van der Waals surface area contributed by atoms with Gasteiger partial charge in [0.1, 0.15) is 5.92 Å². The van der Waals surface area contributed by atoms with Crippen molar-refractivity contribution in [1.82, 2.24) is 4.90 Å². The normalized spacial score (nSPS) is 18.0. The summed E-state index contributed by atoms with van der Waals surface area (Å²) >= 11 is 0. The van der Waals surface area contributed by atoms with Gasteiger partial charge in [0.2, 0.25) is 5.91 Å². The van der Waals surface area contributed by atoms with Crippen molar-refractivity contribution >= 4 is 5.91 Å². The van der Waals surface area contributed by atoms with Crippen molar-refractivity contribution in [2.75, 3.05) is 13.1 Å². The highest BCUT2D eigenvalue weighted by Crippen LogP contribution is 2.05. The summed E-state index contributed by atoms with van der Waals surface area (Å²) in [6.45, 7) is 2.94. The fourth-order valence-electron chi connectivity index (χ4n) is 0.987. The first-order valence-electron chi connectivity index (χ1n) is 3.59. The van der Waals surface area contributed by atoms with Crippen molar-refractivity contribution in [3.63, 3.8) is 0 Å². The van der Waals surface area contributed by atoms with E-state index in [4.69, 9.17) is 5.26 Å². The molecule has 1 amide bonds. The van der Waals surface area contributed by atoms with Gasteiger partial charge in [0.05, 0.1) is 6.07 Å². The number of carbonyl (C=O) groups is 1. The molecule has 0 N–H and O–H groups in total. The summed E-state index contributed by atoms with van der Waals surface area (Å²) in [7, 11) is 0. The molecular weight excluding hydrogens is 140 g/mol. The average molecular weight is 150 g/mol. The van der Waals surface area contributed by atoms with E-state index in [1.54, 1.807) is 11.8 Å². The van der Waals surface area contributed by atoms with E-state index in [0.717, 1.165) is 0 Å². The van der Waals surface area contributed by atoms with Gasteiger partial charge < -0.3 is 4.90 Å². The fourth-order valence-corrected chi connectivity index (χ4v) is 0.987. The predicted octanol–water partition coefficient (Wildman–Crippen LogP) is 0.544. The molecule has 0 bridgehead atoms. The average Bonchev–Trinajstić information content (AvgIpc) is 2.53. The molecule has 1 unspecified atom stereocenters. The smallest absolute Gasteiger partial charge is 0.240 e. The van der Waals surface area contributed by atoms with Crippen LogP contribution in [-0.2, 0) is 4.79 Å². The van der Waals surface area contributed by atoms with E-state index in [2.05, 4.69) is 0 Å². The molecule has 58 valence electrons.